The summed E-state index contributed by atoms with van der Waals surface area (Å²) in [5.41, 5.74) is 6.84. The minimum absolute atomic E-state index is 0.276. The van der Waals surface area contributed by atoms with Crippen molar-refractivity contribution in [3.63, 3.8) is 0 Å². The Labute approximate surface area is 86.1 Å². The molecule has 1 aromatic carbocycles. The highest BCUT2D eigenvalue weighted by molar-refractivity contribution is 5.28. The first kappa shape index (κ1) is 11.1. The Kier molecular flexibility index (Phi) is 3.53. The van der Waals surface area contributed by atoms with Gasteiger partial charge in [0.05, 0.1) is 0 Å². The summed E-state index contributed by atoms with van der Waals surface area (Å²) in [6.45, 7) is 6.58. The van der Waals surface area contributed by atoms with Crippen LogP contribution in [0.1, 0.15) is 26.3 Å². The van der Waals surface area contributed by atoms with E-state index >= 15 is 0 Å². The van der Waals surface area contributed by atoms with Gasteiger partial charge in [0.2, 0.25) is 0 Å². The molecular formula is C12H19NO. The van der Waals surface area contributed by atoms with Gasteiger partial charge < -0.3 is 10.5 Å². The molecule has 0 fully saturated rings. The fourth-order valence-corrected chi connectivity index (χ4v) is 1.12. The standard InChI is InChI=1S/C12H19NO/c1-4-10-6-5-7-11(8-10)14-9-12(2,3)13/h5-8H,4,9,13H2,1-3H3. The molecule has 0 atom stereocenters. The monoisotopic (exact) mass is 193 g/mol. The maximum absolute atomic E-state index is 5.83. The van der Waals surface area contributed by atoms with Crippen LogP contribution in [0.2, 0.25) is 0 Å². The lowest BCUT2D eigenvalue weighted by atomic mass is 10.1. The van der Waals surface area contributed by atoms with E-state index in [1.165, 1.54) is 5.56 Å². The largest absolute Gasteiger partial charge is 0.492 e. The Hall–Kier alpha value is -1.02. The molecule has 0 spiro atoms. The molecule has 2 nitrogen and oxygen atoms in total. The van der Waals surface area contributed by atoms with Crippen LogP contribution >= 0.6 is 0 Å². The van der Waals surface area contributed by atoms with Gasteiger partial charge in [0.25, 0.3) is 0 Å². The zero-order valence-electron chi connectivity index (χ0n) is 9.21. The molecule has 1 aromatic rings. The van der Waals surface area contributed by atoms with Crippen molar-refractivity contribution < 1.29 is 4.74 Å². The second kappa shape index (κ2) is 4.47. The summed E-state index contributed by atoms with van der Waals surface area (Å²) in [4.78, 5) is 0. The third kappa shape index (κ3) is 3.79. The van der Waals surface area contributed by atoms with Crippen LogP contribution in [0.5, 0.6) is 5.75 Å². The molecule has 0 aliphatic carbocycles. The van der Waals surface area contributed by atoms with E-state index in [9.17, 15) is 0 Å². The van der Waals surface area contributed by atoms with Crippen LogP contribution in [0.4, 0.5) is 0 Å². The third-order valence-electron chi connectivity index (χ3n) is 1.92. The molecule has 0 bridgehead atoms. The van der Waals surface area contributed by atoms with Crippen molar-refractivity contribution in [3.8, 4) is 5.75 Å². The average molecular weight is 193 g/mol. The number of aryl methyl sites for hydroxylation is 1. The van der Waals surface area contributed by atoms with E-state index in [2.05, 4.69) is 19.1 Å². The first-order valence-electron chi connectivity index (χ1n) is 5.02. The fraction of sp³-hybridized carbons (Fsp3) is 0.500. The van der Waals surface area contributed by atoms with Gasteiger partial charge in [-0.25, -0.2) is 0 Å². The highest BCUT2D eigenvalue weighted by Crippen LogP contribution is 2.14. The predicted octanol–water partition coefficient (Wildman–Crippen LogP) is 2.37. The molecule has 78 valence electrons. The van der Waals surface area contributed by atoms with Gasteiger partial charge in [-0.05, 0) is 38.0 Å². The van der Waals surface area contributed by atoms with Crippen molar-refractivity contribution in [3.05, 3.63) is 29.8 Å². The van der Waals surface area contributed by atoms with E-state index in [0.717, 1.165) is 12.2 Å². The molecule has 0 heterocycles. The molecular weight excluding hydrogens is 174 g/mol. The van der Waals surface area contributed by atoms with Crippen LogP contribution < -0.4 is 10.5 Å². The number of ether oxygens (including phenoxy) is 1. The van der Waals surface area contributed by atoms with E-state index in [-0.39, 0.29) is 5.54 Å². The molecule has 1 rings (SSSR count). The summed E-state index contributed by atoms with van der Waals surface area (Å²) in [7, 11) is 0. The number of rotatable bonds is 4. The molecule has 0 amide bonds. The Morgan fingerprint density at radius 2 is 2.07 bits per heavy atom. The van der Waals surface area contributed by atoms with Crippen LogP contribution in [0.15, 0.2) is 24.3 Å². The molecule has 0 aliphatic rings. The second-order valence-corrected chi connectivity index (χ2v) is 4.28. The van der Waals surface area contributed by atoms with Gasteiger partial charge in [-0.3, -0.25) is 0 Å². The molecule has 0 saturated carbocycles. The van der Waals surface area contributed by atoms with Crippen molar-refractivity contribution in [2.75, 3.05) is 6.61 Å². The fourth-order valence-electron chi connectivity index (χ4n) is 1.12. The smallest absolute Gasteiger partial charge is 0.119 e. The van der Waals surface area contributed by atoms with Gasteiger partial charge in [0.15, 0.2) is 0 Å². The molecule has 0 radical (unpaired) electrons. The summed E-state index contributed by atoms with van der Waals surface area (Å²) in [6.07, 6.45) is 1.03. The third-order valence-corrected chi connectivity index (χ3v) is 1.92. The number of benzene rings is 1. The Morgan fingerprint density at radius 1 is 1.36 bits per heavy atom. The summed E-state index contributed by atoms with van der Waals surface area (Å²) in [6, 6.07) is 8.13. The van der Waals surface area contributed by atoms with Gasteiger partial charge in [-0.1, -0.05) is 19.1 Å². The highest BCUT2D eigenvalue weighted by Gasteiger charge is 2.11. The molecule has 0 saturated heterocycles. The molecule has 0 unspecified atom stereocenters. The first-order chi connectivity index (χ1) is 6.51. The zero-order valence-corrected chi connectivity index (χ0v) is 9.21. The van der Waals surface area contributed by atoms with Crippen molar-refractivity contribution in [2.24, 2.45) is 5.73 Å². The predicted molar refractivity (Wildman–Crippen MR) is 59.6 cm³/mol. The van der Waals surface area contributed by atoms with Crippen molar-refractivity contribution in [1.29, 1.82) is 0 Å². The van der Waals surface area contributed by atoms with Crippen LogP contribution in [-0.4, -0.2) is 12.1 Å². The van der Waals surface area contributed by atoms with Crippen LogP contribution in [0, 0.1) is 0 Å². The summed E-state index contributed by atoms with van der Waals surface area (Å²) >= 11 is 0. The topological polar surface area (TPSA) is 35.2 Å². The zero-order chi connectivity index (χ0) is 10.6. The van der Waals surface area contributed by atoms with Gasteiger partial charge >= 0.3 is 0 Å². The van der Waals surface area contributed by atoms with Crippen molar-refractivity contribution in [2.45, 2.75) is 32.7 Å². The van der Waals surface area contributed by atoms with Crippen molar-refractivity contribution >= 4 is 0 Å². The van der Waals surface area contributed by atoms with E-state index in [1.807, 2.05) is 26.0 Å². The second-order valence-electron chi connectivity index (χ2n) is 4.28. The molecule has 0 aromatic heterocycles. The van der Waals surface area contributed by atoms with Gasteiger partial charge in [0, 0.05) is 5.54 Å². The molecule has 14 heavy (non-hydrogen) atoms. The Morgan fingerprint density at radius 3 is 2.64 bits per heavy atom. The lowest BCUT2D eigenvalue weighted by Gasteiger charge is -2.19. The summed E-state index contributed by atoms with van der Waals surface area (Å²) < 4.78 is 5.59. The van der Waals surface area contributed by atoms with Gasteiger partial charge in [-0.15, -0.1) is 0 Å². The Balaban J connectivity index is 2.59. The average Bonchev–Trinajstić information content (AvgIpc) is 2.14. The normalized spacial score (nSPS) is 11.4. The maximum Gasteiger partial charge on any atom is 0.119 e. The Bertz CT molecular complexity index is 289. The molecule has 2 heteroatoms. The summed E-state index contributed by atoms with van der Waals surface area (Å²) in [5, 5.41) is 0. The lowest BCUT2D eigenvalue weighted by Crippen LogP contribution is -2.38. The van der Waals surface area contributed by atoms with Crippen LogP contribution in [-0.2, 0) is 6.42 Å². The van der Waals surface area contributed by atoms with Gasteiger partial charge in [-0.2, -0.15) is 0 Å². The maximum atomic E-state index is 5.83. The number of hydrogen-bond acceptors (Lipinski definition) is 2. The molecule has 0 aliphatic heterocycles. The van der Waals surface area contributed by atoms with E-state index < -0.39 is 0 Å². The van der Waals surface area contributed by atoms with E-state index in [1.54, 1.807) is 0 Å². The van der Waals surface area contributed by atoms with E-state index in [4.69, 9.17) is 10.5 Å². The number of nitrogens with two attached hydrogens (primary N) is 1. The SMILES string of the molecule is CCc1cccc(OCC(C)(C)N)c1. The van der Waals surface area contributed by atoms with Crippen molar-refractivity contribution in [1.82, 2.24) is 0 Å². The minimum Gasteiger partial charge on any atom is -0.492 e. The number of hydrogen-bond donors (Lipinski definition) is 1. The highest BCUT2D eigenvalue weighted by atomic mass is 16.5. The van der Waals surface area contributed by atoms with Crippen LogP contribution in [0.25, 0.3) is 0 Å². The molecule has 2 N–H and O–H groups in total. The van der Waals surface area contributed by atoms with E-state index in [0.29, 0.717) is 6.61 Å². The first-order valence-corrected chi connectivity index (χ1v) is 5.02. The summed E-state index contributed by atoms with van der Waals surface area (Å²) in [5.74, 6) is 0.905. The van der Waals surface area contributed by atoms with Crippen LogP contribution in [0.3, 0.4) is 0 Å². The minimum atomic E-state index is -0.276. The lowest BCUT2D eigenvalue weighted by molar-refractivity contribution is 0.243. The van der Waals surface area contributed by atoms with Gasteiger partial charge in [0.1, 0.15) is 12.4 Å². The quantitative estimate of drug-likeness (QED) is 0.796.